The highest BCUT2D eigenvalue weighted by atomic mass is 32.2. The summed E-state index contributed by atoms with van der Waals surface area (Å²) >= 11 is 1.24. The van der Waals surface area contributed by atoms with Crippen LogP contribution in [0.25, 0.3) is 0 Å². The SMILES string of the molecule is Cc1sc(CS(N)(=O)=O)nc1C(C)O. The number of hydrogen-bond donors (Lipinski definition) is 2. The van der Waals surface area contributed by atoms with Crippen LogP contribution in [0, 0.1) is 6.92 Å². The number of nitrogens with zero attached hydrogens (tertiary/aromatic N) is 1. The van der Waals surface area contributed by atoms with Crippen molar-refractivity contribution in [1.82, 2.24) is 4.98 Å². The Morgan fingerprint density at radius 1 is 1.64 bits per heavy atom. The molecule has 0 bridgehead atoms. The lowest BCUT2D eigenvalue weighted by Crippen LogP contribution is -2.14. The van der Waals surface area contributed by atoms with Gasteiger partial charge in [0.05, 0.1) is 11.8 Å². The van der Waals surface area contributed by atoms with Crippen LogP contribution in [0.15, 0.2) is 0 Å². The average molecular weight is 236 g/mol. The zero-order chi connectivity index (χ0) is 10.9. The van der Waals surface area contributed by atoms with Gasteiger partial charge in [-0.05, 0) is 13.8 Å². The molecule has 5 nitrogen and oxygen atoms in total. The van der Waals surface area contributed by atoms with Crippen molar-refractivity contribution in [2.24, 2.45) is 5.14 Å². The van der Waals surface area contributed by atoms with Crippen LogP contribution in [0.4, 0.5) is 0 Å². The van der Waals surface area contributed by atoms with E-state index in [0.717, 1.165) is 4.88 Å². The molecule has 0 aromatic carbocycles. The molecule has 14 heavy (non-hydrogen) atoms. The molecule has 0 amide bonds. The van der Waals surface area contributed by atoms with E-state index in [1.165, 1.54) is 11.3 Å². The van der Waals surface area contributed by atoms with E-state index in [1.54, 1.807) is 13.8 Å². The Labute approximate surface area is 86.6 Å². The van der Waals surface area contributed by atoms with E-state index in [1.807, 2.05) is 0 Å². The summed E-state index contributed by atoms with van der Waals surface area (Å²) in [6, 6.07) is 0. The largest absolute Gasteiger partial charge is 0.387 e. The number of aliphatic hydroxyl groups is 1. The fraction of sp³-hybridized carbons (Fsp3) is 0.571. The Balaban J connectivity index is 2.98. The molecule has 0 aliphatic carbocycles. The molecular weight excluding hydrogens is 224 g/mol. The van der Waals surface area contributed by atoms with Gasteiger partial charge in [0.2, 0.25) is 10.0 Å². The van der Waals surface area contributed by atoms with Gasteiger partial charge in [-0.3, -0.25) is 0 Å². The number of hydrogen-bond acceptors (Lipinski definition) is 5. The summed E-state index contributed by atoms with van der Waals surface area (Å²) in [7, 11) is -3.54. The lowest BCUT2D eigenvalue weighted by molar-refractivity contribution is 0.194. The number of aromatic nitrogens is 1. The second-order valence-corrected chi connectivity index (χ2v) is 5.93. The van der Waals surface area contributed by atoms with Gasteiger partial charge >= 0.3 is 0 Å². The normalized spacial score (nSPS) is 14.3. The van der Waals surface area contributed by atoms with E-state index in [2.05, 4.69) is 4.98 Å². The Morgan fingerprint density at radius 2 is 2.21 bits per heavy atom. The Kier molecular flexibility index (Phi) is 3.25. The Bertz CT molecular complexity index is 422. The first-order valence-electron chi connectivity index (χ1n) is 3.94. The van der Waals surface area contributed by atoms with Crippen LogP contribution < -0.4 is 5.14 Å². The molecule has 0 spiro atoms. The van der Waals surface area contributed by atoms with Crippen molar-refractivity contribution in [3.8, 4) is 0 Å². The topological polar surface area (TPSA) is 93.3 Å². The molecule has 0 aliphatic heterocycles. The van der Waals surface area contributed by atoms with Crippen LogP contribution in [0.2, 0.25) is 0 Å². The molecule has 1 atom stereocenters. The average Bonchev–Trinajstić information content (AvgIpc) is 2.26. The molecule has 0 radical (unpaired) electrons. The highest BCUT2D eigenvalue weighted by Crippen LogP contribution is 2.23. The molecule has 1 heterocycles. The molecular formula is C7H12N2O3S2. The maximum absolute atomic E-state index is 10.8. The smallest absolute Gasteiger partial charge is 0.215 e. The number of primary sulfonamides is 1. The van der Waals surface area contributed by atoms with Gasteiger partial charge in [0.25, 0.3) is 0 Å². The Hall–Kier alpha value is -0.500. The maximum atomic E-state index is 10.8. The quantitative estimate of drug-likeness (QED) is 0.789. The summed E-state index contributed by atoms with van der Waals surface area (Å²) < 4.78 is 21.5. The third-order valence-electron chi connectivity index (χ3n) is 1.60. The standard InChI is InChI=1S/C7H12N2O3S2/c1-4(10)7-5(2)13-6(9-7)3-14(8,11)12/h4,10H,3H2,1-2H3,(H2,8,11,12). The van der Waals surface area contributed by atoms with Crippen molar-refractivity contribution in [2.45, 2.75) is 25.7 Å². The fourth-order valence-electron chi connectivity index (χ4n) is 1.09. The first-order chi connectivity index (χ1) is 6.29. The van der Waals surface area contributed by atoms with Crippen LogP contribution >= 0.6 is 11.3 Å². The van der Waals surface area contributed by atoms with Gasteiger partial charge in [0.15, 0.2) is 0 Å². The van der Waals surface area contributed by atoms with Crippen LogP contribution in [-0.2, 0) is 15.8 Å². The minimum Gasteiger partial charge on any atom is -0.387 e. The van der Waals surface area contributed by atoms with Crippen LogP contribution in [0.1, 0.15) is 28.6 Å². The molecule has 1 unspecified atom stereocenters. The van der Waals surface area contributed by atoms with Crippen molar-refractivity contribution in [1.29, 1.82) is 0 Å². The molecule has 7 heteroatoms. The van der Waals surface area contributed by atoms with Gasteiger partial charge in [-0.2, -0.15) is 0 Å². The number of thiazole rings is 1. The number of aryl methyl sites for hydroxylation is 1. The highest BCUT2D eigenvalue weighted by molar-refractivity contribution is 7.88. The molecule has 0 aliphatic rings. The predicted octanol–water partition coefficient (Wildman–Crippen LogP) is 0.293. The first kappa shape index (κ1) is 11.6. The third kappa shape index (κ3) is 3.02. The molecule has 1 aromatic rings. The Morgan fingerprint density at radius 3 is 2.57 bits per heavy atom. The van der Waals surface area contributed by atoms with Gasteiger partial charge in [0.1, 0.15) is 10.8 Å². The van der Waals surface area contributed by atoms with Gasteiger partial charge in [-0.1, -0.05) is 0 Å². The molecule has 1 rings (SSSR count). The minimum atomic E-state index is -3.54. The second-order valence-electron chi connectivity index (χ2n) is 3.03. The van der Waals surface area contributed by atoms with Crippen molar-refractivity contribution < 1.29 is 13.5 Å². The zero-order valence-corrected chi connectivity index (χ0v) is 9.52. The summed E-state index contributed by atoms with van der Waals surface area (Å²) in [4.78, 5) is 4.82. The second kappa shape index (κ2) is 3.93. The van der Waals surface area contributed by atoms with Crippen LogP contribution in [0.3, 0.4) is 0 Å². The lowest BCUT2D eigenvalue weighted by Gasteiger charge is -1.98. The molecule has 1 aromatic heterocycles. The highest BCUT2D eigenvalue weighted by Gasteiger charge is 2.15. The number of aliphatic hydroxyl groups excluding tert-OH is 1. The van der Waals surface area contributed by atoms with Gasteiger partial charge in [-0.15, -0.1) is 11.3 Å². The van der Waals surface area contributed by atoms with Crippen molar-refractivity contribution in [3.05, 3.63) is 15.6 Å². The van der Waals surface area contributed by atoms with E-state index in [4.69, 9.17) is 5.14 Å². The van der Waals surface area contributed by atoms with Crippen molar-refractivity contribution in [3.63, 3.8) is 0 Å². The predicted molar refractivity (Wildman–Crippen MR) is 54.3 cm³/mol. The maximum Gasteiger partial charge on any atom is 0.215 e. The number of rotatable bonds is 3. The van der Waals surface area contributed by atoms with Gasteiger partial charge in [0, 0.05) is 4.88 Å². The van der Waals surface area contributed by atoms with E-state index >= 15 is 0 Å². The zero-order valence-electron chi connectivity index (χ0n) is 7.89. The lowest BCUT2D eigenvalue weighted by atomic mass is 10.3. The fourth-order valence-corrected chi connectivity index (χ4v) is 3.04. The van der Waals surface area contributed by atoms with Gasteiger partial charge < -0.3 is 5.11 Å². The van der Waals surface area contributed by atoms with E-state index in [0.29, 0.717) is 10.7 Å². The van der Waals surface area contributed by atoms with E-state index < -0.39 is 16.1 Å². The van der Waals surface area contributed by atoms with Gasteiger partial charge in [-0.25, -0.2) is 18.5 Å². The van der Waals surface area contributed by atoms with E-state index in [-0.39, 0.29) is 5.75 Å². The molecule has 3 N–H and O–H groups in total. The van der Waals surface area contributed by atoms with E-state index in [9.17, 15) is 13.5 Å². The molecule has 0 saturated heterocycles. The summed E-state index contributed by atoms with van der Waals surface area (Å²) in [6.07, 6.45) is -0.680. The summed E-state index contributed by atoms with van der Waals surface area (Å²) in [6.45, 7) is 3.37. The number of nitrogens with two attached hydrogens (primary N) is 1. The van der Waals surface area contributed by atoms with Crippen LogP contribution in [-0.4, -0.2) is 18.5 Å². The molecule has 80 valence electrons. The third-order valence-corrected chi connectivity index (χ3v) is 3.44. The monoisotopic (exact) mass is 236 g/mol. The summed E-state index contributed by atoms with van der Waals surface area (Å²) in [5, 5.41) is 14.6. The summed E-state index contributed by atoms with van der Waals surface area (Å²) in [5.74, 6) is -0.273. The molecule has 0 fully saturated rings. The number of sulfonamides is 1. The van der Waals surface area contributed by atoms with Crippen molar-refractivity contribution in [2.75, 3.05) is 0 Å². The first-order valence-corrected chi connectivity index (χ1v) is 6.47. The summed E-state index contributed by atoms with van der Waals surface area (Å²) in [5.41, 5.74) is 0.522. The molecule has 0 saturated carbocycles. The van der Waals surface area contributed by atoms with Crippen molar-refractivity contribution >= 4 is 21.4 Å². The van der Waals surface area contributed by atoms with Crippen LogP contribution in [0.5, 0.6) is 0 Å². The minimum absolute atomic E-state index is 0.273.